The molecule has 15 heavy (non-hydrogen) atoms. The van der Waals surface area contributed by atoms with E-state index in [0.29, 0.717) is 0 Å². The SMILES string of the molecule is CCCCCCN1CCCCC1CNC. The van der Waals surface area contributed by atoms with Crippen molar-refractivity contribution in [3.63, 3.8) is 0 Å². The molecule has 1 unspecified atom stereocenters. The predicted molar refractivity (Wildman–Crippen MR) is 67.3 cm³/mol. The third-order valence-corrected chi connectivity index (χ3v) is 3.49. The second kappa shape index (κ2) is 8.12. The van der Waals surface area contributed by atoms with Crippen LogP contribution in [-0.4, -0.2) is 37.6 Å². The van der Waals surface area contributed by atoms with E-state index in [2.05, 4.69) is 24.2 Å². The van der Waals surface area contributed by atoms with Gasteiger partial charge in [-0.3, -0.25) is 4.90 Å². The molecule has 1 heterocycles. The van der Waals surface area contributed by atoms with Gasteiger partial charge in [0.1, 0.15) is 0 Å². The van der Waals surface area contributed by atoms with Gasteiger partial charge in [0.05, 0.1) is 0 Å². The zero-order chi connectivity index (χ0) is 10.9. The molecule has 0 saturated carbocycles. The number of likely N-dealkylation sites (tertiary alicyclic amines) is 1. The third-order valence-electron chi connectivity index (χ3n) is 3.49. The van der Waals surface area contributed by atoms with Crippen LogP contribution in [0.4, 0.5) is 0 Å². The summed E-state index contributed by atoms with van der Waals surface area (Å²) in [5.74, 6) is 0. The highest BCUT2D eigenvalue weighted by atomic mass is 15.2. The van der Waals surface area contributed by atoms with Crippen LogP contribution < -0.4 is 5.32 Å². The Morgan fingerprint density at radius 3 is 2.80 bits per heavy atom. The van der Waals surface area contributed by atoms with Gasteiger partial charge in [0, 0.05) is 12.6 Å². The van der Waals surface area contributed by atoms with Crippen LogP contribution in [0.25, 0.3) is 0 Å². The zero-order valence-electron chi connectivity index (χ0n) is 10.6. The van der Waals surface area contributed by atoms with E-state index >= 15 is 0 Å². The summed E-state index contributed by atoms with van der Waals surface area (Å²) in [6, 6.07) is 0.811. The molecule has 2 nitrogen and oxygen atoms in total. The molecule has 1 aliphatic heterocycles. The number of rotatable bonds is 7. The molecule has 0 amide bonds. The second-order valence-electron chi connectivity index (χ2n) is 4.80. The average molecular weight is 212 g/mol. The lowest BCUT2D eigenvalue weighted by atomic mass is 10.0. The average Bonchev–Trinajstić information content (AvgIpc) is 2.27. The number of nitrogens with zero attached hydrogens (tertiary/aromatic N) is 1. The maximum absolute atomic E-state index is 3.33. The molecule has 1 fully saturated rings. The number of piperidine rings is 1. The van der Waals surface area contributed by atoms with Crippen LogP contribution in [0.15, 0.2) is 0 Å². The molecule has 1 aliphatic rings. The van der Waals surface area contributed by atoms with Gasteiger partial charge in [-0.1, -0.05) is 32.6 Å². The molecule has 0 bridgehead atoms. The lowest BCUT2D eigenvalue weighted by Gasteiger charge is -2.35. The molecule has 0 aromatic rings. The highest BCUT2D eigenvalue weighted by molar-refractivity contribution is 4.78. The molecule has 1 atom stereocenters. The van der Waals surface area contributed by atoms with Crippen molar-refractivity contribution in [2.45, 2.75) is 57.9 Å². The summed E-state index contributed by atoms with van der Waals surface area (Å²) in [5, 5.41) is 3.33. The fraction of sp³-hybridized carbons (Fsp3) is 1.00. The molecule has 0 aliphatic carbocycles. The summed E-state index contributed by atoms with van der Waals surface area (Å²) >= 11 is 0. The normalized spacial score (nSPS) is 23.2. The Morgan fingerprint density at radius 1 is 1.20 bits per heavy atom. The number of hydrogen-bond acceptors (Lipinski definition) is 2. The van der Waals surface area contributed by atoms with Crippen LogP contribution in [0.5, 0.6) is 0 Å². The van der Waals surface area contributed by atoms with Crippen LogP contribution in [0, 0.1) is 0 Å². The Kier molecular flexibility index (Phi) is 7.03. The van der Waals surface area contributed by atoms with Crippen molar-refractivity contribution in [2.24, 2.45) is 0 Å². The standard InChI is InChI=1S/C13H28N2/c1-3-4-5-7-10-15-11-8-6-9-13(15)12-14-2/h13-14H,3-12H2,1-2H3. The van der Waals surface area contributed by atoms with E-state index in [4.69, 9.17) is 0 Å². The Balaban J connectivity index is 2.17. The lowest BCUT2D eigenvalue weighted by Crippen LogP contribution is -2.45. The first-order chi connectivity index (χ1) is 7.38. The van der Waals surface area contributed by atoms with Crippen molar-refractivity contribution >= 4 is 0 Å². The zero-order valence-corrected chi connectivity index (χ0v) is 10.6. The molecule has 1 rings (SSSR count). The van der Waals surface area contributed by atoms with Gasteiger partial charge in [-0.2, -0.15) is 0 Å². The topological polar surface area (TPSA) is 15.3 Å². The van der Waals surface area contributed by atoms with Crippen LogP contribution in [0.3, 0.4) is 0 Å². The lowest BCUT2D eigenvalue weighted by molar-refractivity contribution is 0.144. The maximum atomic E-state index is 3.33. The first-order valence-corrected chi connectivity index (χ1v) is 6.77. The van der Waals surface area contributed by atoms with Gasteiger partial charge in [-0.25, -0.2) is 0 Å². The molecular formula is C13H28N2. The molecular weight excluding hydrogens is 184 g/mol. The van der Waals surface area contributed by atoms with Crippen molar-refractivity contribution < 1.29 is 0 Å². The van der Waals surface area contributed by atoms with Crippen molar-refractivity contribution in [1.29, 1.82) is 0 Å². The number of likely N-dealkylation sites (N-methyl/N-ethyl adjacent to an activating group) is 1. The van der Waals surface area contributed by atoms with Gasteiger partial charge in [-0.05, 0) is 39.4 Å². The van der Waals surface area contributed by atoms with Crippen LogP contribution in [0.1, 0.15) is 51.9 Å². The van der Waals surface area contributed by atoms with Gasteiger partial charge in [0.15, 0.2) is 0 Å². The highest BCUT2D eigenvalue weighted by Crippen LogP contribution is 2.17. The minimum absolute atomic E-state index is 0.811. The van der Waals surface area contributed by atoms with Crippen LogP contribution in [0.2, 0.25) is 0 Å². The minimum atomic E-state index is 0.811. The van der Waals surface area contributed by atoms with E-state index in [1.807, 2.05) is 0 Å². The smallest absolute Gasteiger partial charge is 0.0220 e. The number of nitrogens with one attached hydrogen (secondary N) is 1. The number of hydrogen-bond donors (Lipinski definition) is 1. The summed E-state index contributed by atoms with van der Waals surface area (Å²) in [4.78, 5) is 2.70. The highest BCUT2D eigenvalue weighted by Gasteiger charge is 2.20. The quantitative estimate of drug-likeness (QED) is 0.653. The molecule has 1 N–H and O–H groups in total. The molecule has 90 valence electrons. The Hall–Kier alpha value is -0.0800. The molecule has 0 aromatic carbocycles. The van der Waals surface area contributed by atoms with Crippen molar-refractivity contribution in [3.8, 4) is 0 Å². The van der Waals surface area contributed by atoms with E-state index in [9.17, 15) is 0 Å². The van der Waals surface area contributed by atoms with Crippen molar-refractivity contribution in [2.75, 3.05) is 26.7 Å². The van der Waals surface area contributed by atoms with Gasteiger partial charge in [0.2, 0.25) is 0 Å². The number of unbranched alkanes of at least 4 members (excludes halogenated alkanes) is 3. The molecule has 1 saturated heterocycles. The summed E-state index contributed by atoms with van der Waals surface area (Å²) in [7, 11) is 2.07. The fourth-order valence-electron chi connectivity index (χ4n) is 2.56. The Bertz CT molecular complexity index is 145. The fourth-order valence-corrected chi connectivity index (χ4v) is 2.56. The van der Waals surface area contributed by atoms with E-state index in [1.165, 1.54) is 64.6 Å². The largest absolute Gasteiger partial charge is 0.318 e. The van der Waals surface area contributed by atoms with E-state index in [0.717, 1.165) is 6.04 Å². The second-order valence-corrected chi connectivity index (χ2v) is 4.80. The Labute approximate surface area is 95.4 Å². The summed E-state index contributed by atoms with van der Waals surface area (Å²) < 4.78 is 0. The molecule has 0 radical (unpaired) electrons. The first kappa shape index (κ1) is 13.0. The third kappa shape index (κ3) is 4.98. The molecule has 2 heteroatoms. The van der Waals surface area contributed by atoms with Crippen LogP contribution in [-0.2, 0) is 0 Å². The van der Waals surface area contributed by atoms with E-state index < -0.39 is 0 Å². The van der Waals surface area contributed by atoms with Gasteiger partial charge in [-0.15, -0.1) is 0 Å². The summed E-state index contributed by atoms with van der Waals surface area (Å²) in [5.41, 5.74) is 0. The van der Waals surface area contributed by atoms with Gasteiger partial charge in [0.25, 0.3) is 0 Å². The van der Waals surface area contributed by atoms with Crippen LogP contribution >= 0.6 is 0 Å². The monoisotopic (exact) mass is 212 g/mol. The Morgan fingerprint density at radius 2 is 2.07 bits per heavy atom. The summed E-state index contributed by atoms with van der Waals surface area (Å²) in [6.07, 6.45) is 9.80. The van der Waals surface area contributed by atoms with Crippen molar-refractivity contribution in [3.05, 3.63) is 0 Å². The van der Waals surface area contributed by atoms with Gasteiger partial charge < -0.3 is 5.32 Å². The van der Waals surface area contributed by atoms with Gasteiger partial charge >= 0.3 is 0 Å². The van der Waals surface area contributed by atoms with Crippen molar-refractivity contribution in [1.82, 2.24) is 10.2 Å². The first-order valence-electron chi connectivity index (χ1n) is 6.77. The molecule has 0 spiro atoms. The predicted octanol–water partition coefficient (Wildman–Crippen LogP) is 2.64. The van der Waals surface area contributed by atoms with E-state index in [-0.39, 0.29) is 0 Å². The maximum Gasteiger partial charge on any atom is 0.0220 e. The van der Waals surface area contributed by atoms with E-state index in [1.54, 1.807) is 0 Å². The minimum Gasteiger partial charge on any atom is -0.318 e. The summed E-state index contributed by atoms with van der Waals surface area (Å²) in [6.45, 7) is 6.11. The molecule has 0 aromatic heterocycles.